The van der Waals surface area contributed by atoms with Crippen molar-refractivity contribution in [3.05, 3.63) is 54.6 Å². The number of nitrogens with zero attached hydrogens (tertiary/aromatic N) is 4. The Hall–Kier alpha value is -2.69. The van der Waals surface area contributed by atoms with Crippen molar-refractivity contribution in [2.75, 3.05) is 4.90 Å². The highest BCUT2D eigenvalue weighted by Gasteiger charge is 2.20. The summed E-state index contributed by atoms with van der Waals surface area (Å²) < 4.78 is 2.10. The zero-order chi connectivity index (χ0) is 17.1. The van der Waals surface area contributed by atoms with Gasteiger partial charge < -0.3 is 9.47 Å². The van der Waals surface area contributed by atoms with Gasteiger partial charge in [0.15, 0.2) is 0 Å². The van der Waals surface area contributed by atoms with E-state index in [2.05, 4.69) is 38.8 Å². The predicted octanol–water partition coefficient (Wildman–Crippen LogP) is 3.73. The highest BCUT2D eigenvalue weighted by Crippen LogP contribution is 2.26. The van der Waals surface area contributed by atoms with E-state index in [0.29, 0.717) is 6.04 Å². The van der Waals surface area contributed by atoms with Gasteiger partial charge in [-0.05, 0) is 36.6 Å². The maximum Gasteiger partial charge on any atom is 0.214 e. The van der Waals surface area contributed by atoms with E-state index in [4.69, 9.17) is 0 Å². The van der Waals surface area contributed by atoms with Gasteiger partial charge in [-0.15, -0.1) is 0 Å². The zero-order valence-electron chi connectivity index (χ0n) is 14.2. The molecule has 4 rings (SSSR count). The molecule has 1 saturated carbocycles. The van der Waals surface area contributed by atoms with Crippen molar-refractivity contribution in [3.63, 3.8) is 0 Å². The molecule has 2 aliphatic heterocycles. The molecule has 0 radical (unpaired) electrons. The van der Waals surface area contributed by atoms with Crippen molar-refractivity contribution in [3.8, 4) is 11.4 Å². The van der Waals surface area contributed by atoms with Gasteiger partial charge >= 0.3 is 0 Å². The molecule has 2 heterocycles. The Balaban J connectivity index is 1.49. The maximum atomic E-state index is 11.6. The van der Waals surface area contributed by atoms with E-state index in [9.17, 15) is 4.79 Å². The first-order chi connectivity index (χ1) is 12.3. The molecule has 25 heavy (non-hydrogen) atoms. The molecule has 1 fully saturated rings. The minimum Gasteiger partial charge on any atom is -0.348 e. The number of benzene rings is 1. The van der Waals surface area contributed by atoms with Gasteiger partial charge in [0.2, 0.25) is 6.41 Å². The number of hydrogen-bond acceptors (Lipinski definition) is 3. The zero-order valence-corrected chi connectivity index (χ0v) is 14.2. The van der Waals surface area contributed by atoms with E-state index < -0.39 is 0 Å². The summed E-state index contributed by atoms with van der Waals surface area (Å²) in [6.07, 6.45) is 12.5. The van der Waals surface area contributed by atoms with Crippen LogP contribution < -0.4 is 4.90 Å². The number of carbonyl (C=O) groups excluding carboxylic acids is 1. The van der Waals surface area contributed by atoms with E-state index in [0.717, 1.165) is 42.9 Å². The first-order valence-electron chi connectivity index (χ1n) is 8.92. The lowest BCUT2D eigenvalue weighted by Gasteiger charge is -2.31. The fourth-order valence-electron chi connectivity index (χ4n) is 3.68. The average molecular weight is 334 g/mol. The third-order valence-corrected chi connectivity index (χ3v) is 5.05. The van der Waals surface area contributed by atoms with Crippen LogP contribution in [-0.4, -0.2) is 27.0 Å². The van der Waals surface area contributed by atoms with E-state index in [-0.39, 0.29) is 0 Å². The third kappa shape index (κ3) is 3.40. The van der Waals surface area contributed by atoms with Crippen LogP contribution in [0.4, 0.5) is 5.69 Å². The molecule has 0 bridgehead atoms. The highest BCUT2D eigenvalue weighted by molar-refractivity contribution is 5.76. The number of amides is 1. The topological polar surface area (TPSA) is 51.0 Å². The number of aromatic nitrogens is 3. The van der Waals surface area contributed by atoms with Crippen molar-refractivity contribution in [1.29, 1.82) is 0 Å². The van der Waals surface area contributed by atoms with Crippen LogP contribution >= 0.6 is 0 Å². The number of fused-ring (bicyclic) bond motifs is 1. The Morgan fingerprint density at radius 3 is 2.56 bits per heavy atom. The molecule has 0 unspecified atom stereocenters. The number of carbonyl (C=O) groups is 1. The second-order valence-electron chi connectivity index (χ2n) is 6.73. The molecule has 0 saturated heterocycles. The van der Waals surface area contributed by atoms with Crippen LogP contribution in [0.5, 0.6) is 0 Å². The monoisotopic (exact) mass is 334 g/mol. The lowest BCUT2D eigenvalue weighted by Crippen LogP contribution is -2.35. The lowest BCUT2D eigenvalue weighted by molar-refractivity contribution is -0.108. The third-order valence-electron chi connectivity index (χ3n) is 5.05. The SMILES string of the molecule is O=CN(c1ccc(Cn2ccc3ncnc-3c2)cc1)C1CCCCC1. The normalized spacial score (nSPS) is 15.4. The predicted molar refractivity (Wildman–Crippen MR) is 97.6 cm³/mol. The van der Waals surface area contributed by atoms with Gasteiger partial charge in [0.1, 0.15) is 12.0 Å². The van der Waals surface area contributed by atoms with Crippen LogP contribution in [0.1, 0.15) is 37.7 Å². The quantitative estimate of drug-likeness (QED) is 0.668. The maximum absolute atomic E-state index is 11.6. The minimum absolute atomic E-state index is 0.352. The van der Waals surface area contributed by atoms with E-state index in [1.165, 1.54) is 24.8 Å². The first-order valence-corrected chi connectivity index (χ1v) is 8.92. The number of imidazole rings is 1. The summed E-state index contributed by atoms with van der Waals surface area (Å²) in [6.45, 7) is 0.771. The van der Waals surface area contributed by atoms with Crippen LogP contribution in [-0.2, 0) is 11.3 Å². The van der Waals surface area contributed by atoms with E-state index in [1.807, 2.05) is 23.4 Å². The summed E-state index contributed by atoms with van der Waals surface area (Å²) >= 11 is 0. The molecule has 1 aromatic carbocycles. The van der Waals surface area contributed by atoms with Crippen molar-refractivity contribution in [1.82, 2.24) is 14.5 Å². The molecule has 0 spiro atoms. The van der Waals surface area contributed by atoms with Gasteiger partial charge in [-0.3, -0.25) is 4.79 Å². The van der Waals surface area contributed by atoms with Crippen LogP contribution in [0.3, 0.4) is 0 Å². The number of pyridine rings is 1. The summed E-state index contributed by atoms with van der Waals surface area (Å²) in [5.41, 5.74) is 4.01. The Labute approximate surface area is 147 Å². The van der Waals surface area contributed by atoms with Crippen LogP contribution in [0, 0.1) is 0 Å². The molecular formula is C20H22N4O. The molecule has 5 nitrogen and oxygen atoms in total. The van der Waals surface area contributed by atoms with Crippen LogP contribution in [0.25, 0.3) is 11.4 Å². The largest absolute Gasteiger partial charge is 0.348 e. The van der Waals surface area contributed by atoms with Gasteiger partial charge in [-0.25, -0.2) is 9.97 Å². The summed E-state index contributed by atoms with van der Waals surface area (Å²) in [7, 11) is 0. The van der Waals surface area contributed by atoms with E-state index in [1.54, 1.807) is 6.33 Å². The molecule has 0 aromatic heterocycles. The smallest absolute Gasteiger partial charge is 0.214 e. The van der Waals surface area contributed by atoms with E-state index >= 15 is 0 Å². The number of rotatable bonds is 5. The van der Waals surface area contributed by atoms with Crippen LogP contribution in [0.2, 0.25) is 0 Å². The molecule has 0 N–H and O–H groups in total. The molecule has 1 aliphatic carbocycles. The van der Waals surface area contributed by atoms with Gasteiger partial charge in [0.25, 0.3) is 0 Å². The van der Waals surface area contributed by atoms with Gasteiger partial charge in [0, 0.05) is 30.7 Å². The standard InChI is InChI=1S/C20H22N4O/c25-15-24(17-4-2-1-3-5-17)18-8-6-16(7-9-18)12-23-11-10-19-20(13-23)22-14-21-19/h6-11,13-15,17H,1-5,12H2. The van der Waals surface area contributed by atoms with Crippen molar-refractivity contribution < 1.29 is 4.79 Å². The Bertz CT molecular complexity index is 805. The molecule has 5 heteroatoms. The second kappa shape index (κ2) is 7.05. The van der Waals surface area contributed by atoms with Crippen molar-refractivity contribution >= 4 is 12.1 Å². The van der Waals surface area contributed by atoms with Gasteiger partial charge in [0.05, 0.1) is 5.69 Å². The fraction of sp³-hybridized carbons (Fsp3) is 0.350. The number of hydrogen-bond donors (Lipinski definition) is 0. The molecular weight excluding hydrogens is 312 g/mol. The lowest BCUT2D eigenvalue weighted by atomic mass is 9.94. The summed E-state index contributed by atoms with van der Waals surface area (Å²) in [5, 5.41) is 0. The molecule has 128 valence electrons. The first kappa shape index (κ1) is 15.8. The van der Waals surface area contributed by atoms with Crippen molar-refractivity contribution in [2.45, 2.75) is 44.7 Å². The average Bonchev–Trinajstić information content (AvgIpc) is 3.12. The number of anilines is 1. The van der Waals surface area contributed by atoms with Gasteiger partial charge in [-0.2, -0.15) is 0 Å². The fourth-order valence-corrected chi connectivity index (χ4v) is 3.68. The summed E-state index contributed by atoms with van der Waals surface area (Å²) in [4.78, 5) is 21.9. The van der Waals surface area contributed by atoms with Crippen LogP contribution in [0.15, 0.2) is 49.1 Å². The Morgan fingerprint density at radius 1 is 1.04 bits per heavy atom. The molecule has 1 amide bonds. The molecule has 3 aliphatic rings. The Morgan fingerprint density at radius 2 is 1.80 bits per heavy atom. The molecule has 0 atom stereocenters. The Kier molecular flexibility index (Phi) is 4.46. The summed E-state index contributed by atoms with van der Waals surface area (Å²) in [5.74, 6) is 0. The minimum atomic E-state index is 0.352. The highest BCUT2D eigenvalue weighted by atomic mass is 16.1. The second-order valence-corrected chi connectivity index (χ2v) is 6.73. The molecule has 1 aromatic rings. The van der Waals surface area contributed by atoms with Crippen molar-refractivity contribution in [2.24, 2.45) is 0 Å². The summed E-state index contributed by atoms with van der Waals surface area (Å²) in [6, 6.07) is 10.6. The van der Waals surface area contributed by atoms with Gasteiger partial charge in [-0.1, -0.05) is 31.4 Å².